The van der Waals surface area contributed by atoms with E-state index < -0.39 is 0 Å². The van der Waals surface area contributed by atoms with Crippen molar-refractivity contribution in [2.75, 3.05) is 0 Å². The summed E-state index contributed by atoms with van der Waals surface area (Å²) in [5.41, 5.74) is 10.8. The van der Waals surface area contributed by atoms with Gasteiger partial charge in [0.15, 0.2) is 0 Å². The van der Waals surface area contributed by atoms with Gasteiger partial charge >= 0.3 is 0 Å². The Balaban J connectivity index is 1.25. The van der Waals surface area contributed by atoms with E-state index in [1.54, 1.807) is 0 Å². The van der Waals surface area contributed by atoms with Crippen LogP contribution in [0.25, 0.3) is 99.7 Å². The molecule has 0 radical (unpaired) electrons. The number of hydrogen-bond donors (Lipinski definition) is 0. The molecule has 0 saturated carbocycles. The number of para-hydroxylation sites is 5. The molecule has 11 rings (SSSR count). The second kappa shape index (κ2) is 10.8. The lowest BCUT2D eigenvalue weighted by molar-refractivity contribution is 0.670. The molecule has 0 unspecified atom stereocenters. The second-order valence-electron chi connectivity index (χ2n) is 13.0. The van der Waals surface area contributed by atoms with E-state index in [9.17, 15) is 0 Å². The van der Waals surface area contributed by atoms with E-state index in [2.05, 4.69) is 161 Å². The summed E-state index contributed by atoms with van der Waals surface area (Å²) in [6, 6.07) is 59.4. The number of hydrogen-bond acceptors (Lipinski definition) is 3. The smallest absolute Gasteiger partial charge is 0.235 e. The molecule has 238 valence electrons. The average molecular weight is 653 g/mol. The minimum absolute atomic E-state index is 0.604. The Morgan fingerprint density at radius 2 is 0.980 bits per heavy atom. The lowest BCUT2D eigenvalue weighted by Crippen LogP contribution is -2.04. The van der Waals surface area contributed by atoms with Crippen LogP contribution in [0.5, 0.6) is 0 Å². The first kappa shape index (κ1) is 27.9. The Morgan fingerprint density at radius 3 is 1.75 bits per heavy atom. The Hall–Kier alpha value is -6.98. The van der Waals surface area contributed by atoms with Gasteiger partial charge in [-0.25, -0.2) is 9.97 Å². The Bertz CT molecular complexity index is 3130. The van der Waals surface area contributed by atoms with E-state index >= 15 is 0 Å². The number of nitrogens with zero attached hydrogens (tertiary/aromatic N) is 4. The monoisotopic (exact) mass is 652 g/mol. The van der Waals surface area contributed by atoms with E-state index in [1.165, 1.54) is 16.3 Å². The highest BCUT2D eigenvalue weighted by atomic mass is 16.3. The third-order valence-electron chi connectivity index (χ3n) is 10.1. The molecule has 0 bridgehead atoms. The maximum absolute atomic E-state index is 6.52. The number of aromatic nitrogens is 4. The summed E-state index contributed by atoms with van der Waals surface area (Å²) in [6.07, 6.45) is 0. The molecule has 0 spiro atoms. The maximum atomic E-state index is 6.52. The lowest BCUT2D eigenvalue weighted by atomic mass is 10.0. The highest BCUT2D eigenvalue weighted by Crippen LogP contribution is 2.41. The second-order valence-corrected chi connectivity index (χ2v) is 13.0. The first-order chi connectivity index (χ1) is 25.3. The van der Waals surface area contributed by atoms with E-state index in [4.69, 9.17) is 14.4 Å². The normalized spacial score (nSPS) is 11.9. The van der Waals surface area contributed by atoms with Crippen LogP contribution in [0, 0.1) is 0 Å². The fraction of sp³-hybridized carbons (Fsp3) is 0. The number of benzene rings is 7. The third-order valence-corrected chi connectivity index (χ3v) is 10.1. The van der Waals surface area contributed by atoms with Crippen molar-refractivity contribution in [2.24, 2.45) is 0 Å². The predicted molar refractivity (Wildman–Crippen MR) is 209 cm³/mol. The Morgan fingerprint density at radius 1 is 0.392 bits per heavy atom. The molecule has 4 heterocycles. The van der Waals surface area contributed by atoms with Crippen LogP contribution in [0.2, 0.25) is 0 Å². The van der Waals surface area contributed by atoms with Gasteiger partial charge in [-0.1, -0.05) is 115 Å². The van der Waals surface area contributed by atoms with E-state index in [-0.39, 0.29) is 0 Å². The zero-order valence-electron chi connectivity index (χ0n) is 27.4. The fourth-order valence-electron chi connectivity index (χ4n) is 7.88. The molecule has 0 aliphatic heterocycles. The first-order valence-electron chi connectivity index (χ1n) is 17.2. The molecular weight excluding hydrogens is 625 g/mol. The van der Waals surface area contributed by atoms with Gasteiger partial charge in [-0.05, 0) is 54.6 Å². The van der Waals surface area contributed by atoms with Crippen molar-refractivity contribution < 1.29 is 4.42 Å². The minimum Gasteiger partial charge on any atom is -0.455 e. The quantitative estimate of drug-likeness (QED) is 0.190. The summed E-state index contributed by atoms with van der Waals surface area (Å²) in [7, 11) is 0. The van der Waals surface area contributed by atoms with Crippen LogP contribution in [0.15, 0.2) is 174 Å². The molecule has 51 heavy (non-hydrogen) atoms. The molecule has 0 aliphatic rings. The average Bonchev–Trinajstić information content (AvgIpc) is 3.85. The van der Waals surface area contributed by atoms with Crippen molar-refractivity contribution in [1.29, 1.82) is 0 Å². The Labute approximate surface area is 292 Å². The molecule has 0 fully saturated rings. The van der Waals surface area contributed by atoms with Crippen molar-refractivity contribution in [3.8, 4) is 34.2 Å². The standard InChI is InChI=1S/C46H28N4O/c1-3-14-29(15-4-1)38-27-39(35-22-13-21-34-33-20-9-12-25-44(33)51-45(34)35)48-46(47-38)50-41-24-11-8-19-32(41)37-26-36-31-18-7-10-23-40(31)49(42(36)28-43(37)50)30-16-5-2-6-17-30/h1-28H. The minimum atomic E-state index is 0.604. The van der Waals surface area contributed by atoms with Gasteiger partial charge in [0.25, 0.3) is 0 Å². The molecule has 0 aliphatic carbocycles. The molecule has 0 N–H and O–H groups in total. The maximum Gasteiger partial charge on any atom is 0.235 e. The molecular formula is C46H28N4O. The van der Waals surface area contributed by atoms with Gasteiger partial charge in [-0.3, -0.25) is 4.57 Å². The van der Waals surface area contributed by atoms with Gasteiger partial charge in [-0.2, -0.15) is 0 Å². The first-order valence-corrected chi connectivity index (χ1v) is 17.2. The number of rotatable bonds is 4. The SMILES string of the molecule is c1ccc(-c2cc(-c3cccc4c3oc3ccccc34)nc(-n3c4ccccc4c4cc5c6ccccc6n(-c6ccccc6)c5cc43)n2)cc1. The molecule has 5 nitrogen and oxygen atoms in total. The van der Waals surface area contributed by atoms with Crippen molar-refractivity contribution in [3.63, 3.8) is 0 Å². The van der Waals surface area contributed by atoms with E-state index in [1.807, 2.05) is 18.2 Å². The van der Waals surface area contributed by atoms with E-state index in [0.29, 0.717) is 5.95 Å². The summed E-state index contributed by atoms with van der Waals surface area (Å²) in [5.74, 6) is 0.604. The van der Waals surface area contributed by atoms with Crippen LogP contribution in [0.4, 0.5) is 0 Å². The highest BCUT2D eigenvalue weighted by Gasteiger charge is 2.21. The largest absolute Gasteiger partial charge is 0.455 e. The van der Waals surface area contributed by atoms with E-state index in [0.717, 1.165) is 77.5 Å². The molecule has 0 saturated heterocycles. The topological polar surface area (TPSA) is 48.8 Å². The molecule has 0 atom stereocenters. The van der Waals surface area contributed by atoms with Gasteiger partial charge in [0.05, 0.1) is 33.5 Å². The van der Waals surface area contributed by atoms with Gasteiger partial charge in [0, 0.05) is 49.1 Å². The van der Waals surface area contributed by atoms with Gasteiger partial charge < -0.3 is 8.98 Å². The zero-order chi connectivity index (χ0) is 33.5. The summed E-state index contributed by atoms with van der Waals surface area (Å²) < 4.78 is 11.1. The van der Waals surface area contributed by atoms with Gasteiger partial charge in [0.2, 0.25) is 5.95 Å². The van der Waals surface area contributed by atoms with Crippen LogP contribution in [0.3, 0.4) is 0 Å². The molecule has 4 aromatic heterocycles. The lowest BCUT2D eigenvalue weighted by Gasteiger charge is -2.12. The highest BCUT2D eigenvalue weighted by molar-refractivity contribution is 6.19. The van der Waals surface area contributed by atoms with Crippen LogP contribution >= 0.6 is 0 Å². The van der Waals surface area contributed by atoms with Crippen molar-refractivity contribution >= 4 is 65.6 Å². The molecule has 5 heteroatoms. The van der Waals surface area contributed by atoms with Crippen LogP contribution in [0.1, 0.15) is 0 Å². The van der Waals surface area contributed by atoms with Crippen LogP contribution in [-0.2, 0) is 0 Å². The van der Waals surface area contributed by atoms with Gasteiger partial charge in [0.1, 0.15) is 11.2 Å². The summed E-state index contributed by atoms with van der Waals surface area (Å²) >= 11 is 0. The van der Waals surface area contributed by atoms with Crippen LogP contribution in [-0.4, -0.2) is 19.1 Å². The molecule has 11 aromatic rings. The van der Waals surface area contributed by atoms with Crippen molar-refractivity contribution in [2.45, 2.75) is 0 Å². The van der Waals surface area contributed by atoms with Crippen LogP contribution < -0.4 is 0 Å². The summed E-state index contributed by atoms with van der Waals surface area (Å²) in [5, 5.41) is 6.90. The van der Waals surface area contributed by atoms with Gasteiger partial charge in [-0.15, -0.1) is 0 Å². The summed E-state index contributed by atoms with van der Waals surface area (Å²) in [6.45, 7) is 0. The third kappa shape index (κ3) is 4.15. The summed E-state index contributed by atoms with van der Waals surface area (Å²) in [4.78, 5) is 10.7. The van der Waals surface area contributed by atoms with Crippen molar-refractivity contribution in [1.82, 2.24) is 19.1 Å². The molecule has 0 amide bonds. The number of fused-ring (bicyclic) bond motifs is 9. The fourth-order valence-corrected chi connectivity index (χ4v) is 7.88. The predicted octanol–water partition coefficient (Wildman–Crippen LogP) is 11.9. The zero-order valence-corrected chi connectivity index (χ0v) is 27.4. The number of furan rings is 1. The molecule has 7 aromatic carbocycles. The van der Waals surface area contributed by atoms with Crippen molar-refractivity contribution in [3.05, 3.63) is 170 Å². The Kier molecular flexibility index (Phi) is 5.89.